The monoisotopic (exact) mass is 304 g/mol. The van der Waals surface area contributed by atoms with Crippen LogP contribution in [0.15, 0.2) is 18.2 Å². The first-order chi connectivity index (χ1) is 10.6. The molecule has 1 amide bonds. The number of benzene rings is 1. The van der Waals surface area contributed by atoms with E-state index in [1.54, 1.807) is 7.11 Å². The normalized spacial score (nSPS) is 25.0. The topological polar surface area (TPSA) is 50.8 Å². The number of piperidine rings is 1. The average Bonchev–Trinajstić information content (AvgIpc) is 2.84. The minimum Gasteiger partial charge on any atom is -0.493 e. The van der Waals surface area contributed by atoms with Crippen molar-refractivity contribution in [3.63, 3.8) is 0 Å². The third-order valence-corrected chi connectivity index (χ3v) is 4.33. The lowest BCUT2D eigenvalue weighted by atomic mass is 10.0. The Hall–Kier alpha value is -1.75. The van der Waals surface area contributed by atoms with E-state index in [9.17, 15) is 4.79 Å². The largest absolute Gasteiger partial charge is 0.493 e. The Balaban J connectivity index is 1.98. The number of amides is 1. The van der Waals surface area contributed by atoms with Crippen molar-refractivity contribution in [1.29, 1.82) is 0 Å². The van der Waals surface area contributed by atoms with Gasteiger partial charge in [-0.25, -0.2) is 0 Å². The predicted octanol–water partition coefficient (Wildman–Crippen LogP) is 2.47. The molecule has 0 aliphatic carbocycles. The molecule has 2 unspecified atom stereocenters. The lowest BCUT2D eigenvalue weighted by molar-refractivity contribution is -0.122. The van der Waals surface area contributed by atoms with Gasteiger partial charge < -0.3 is 14.8 Å². The summed E-state index contributed by atoms with van der Waals surface area (Å²) in [6.07, 6.45) is 3.11. The maximum absolute atomic E-state index is 12.3. The summed E-state index contributed by atoms with van der Waals surface area (Å²) in [5.74, 6) is 1.57. The van der Waals surface area contributed by atoms with Crippen LogP contribution < -0.4 is 14.8 Å². The number of nitrogens with zero attached hydrogens (tertiary/aromatic N) is 1. The van der Waals surface area contributed by atoms with E-state index in [1.165, 1.54) is 0 Å². The van der Waals surface area contributed by atoms with Gasteiger partial charge in [0.25, 0.3) is 0 Å². The third-order valence-electron chi connectivity index (χ3n) is 4.33. The second-order valence-electron chi connectivity index (χ2n) is 6.21. The van der Waals surface area contributed by atoms with Crippen LogP contribution in [0.3, 0.4) is 0 Å². The Labute approximate surface area is 131 Å². The standard InChI is InChI=1S/C17H24N2O3/c1-11(2)22-15-12(7-6-9-14(15)21-3)16-18-17(20)13-8-4-5-10-19(13)16/h6-7,9,11,13,16H,4-5,8,10H2,1-3H3,(H,18,20). The molecule has 22 heavy (non-hydrogen) atoms. The molecule has 0 spiro atoms. The van der Waals surface area contributed by atoms with Crippen molar-refractivity contribution in [2.24, 2.45) is 0 Å². The molecule has 0 radical (unpaired) electrons. The van der Waals surface area contributed by atoms with Gasteiger partial charge in [0.05, 0.1) is 19.3 Å². The lowest BCUT2D eigenvalue weighted by Crippen LogP contribution is -2.38. The molecule has 2 fully saturated rings. The Morgan fingerprint density at radius 2 is 2.14 bits per heavy atom. The summed E-state index contributed by atoms with van der Waals surface area (Å²) in [6.45, 7) is 4.92. The molecule has 1 N–H and O–H groups in total. The van der Waals surface area contributed by atoms with Gasteiger partial charge in [0.15, 0.2) is 11.5 Å². The molecule has 2 atom stereocenters. The molecular weight excluding hydrogens is 280 g/mol. The van der Waals surface area contributed by atoms with Gasteiger partial charge in [-0.15, -0.1) is 0 Å². The van der Waals surface area contributed by atoms with Crippen LogP contribution in [-0.4, -0.2) is 36.6 Å². The molecule has 2 saturated heterocycles. The fourth-order valence-electron chi connectivity index (χ4n) is 3.39. The fourth-order valence-corrected chi connectivity index (χ4v) is 3.39. The van der Waals surface area contributed by atoms with Crippen molar-refractivity contribution in [3.8, 4) is 11.5 Å². The van der Waals surface area contributed by atoms with Gasteiger partial charge in [0.2, 0.25) is 5.91 Å². The summed E-state index contributed by atoms with van der Waals surface area (Å²) in [5.41, 5.74) is 0.978. The first-order valence-electron chi connectivity index (χ1n) is 8.01. The zero-order valence-electron chi connectivity index (χ0n) is 13.5. The SMILES string of the molecule is COc1cccc(C2NC(=O)C3CCCCN32)c1OC(C)C. The molecule has 120 valence electrons. The number of nitrogens with one attached hydrogen (secondary N) is 1. The summed E-state index contributed by atoms with van der Waals surface area (Å²) < 4.78 is 11.4. The van der Waals surface area contributed by atoms with E-state index in [0.717, 1.165) is 37.1 Å². The minimum atomic E-state index is -0.123. The van der Waals surface area contributed by atoms with Crippen LogP contribution in [-0.2, 0) is 4.79 Å². The maximum atomic E-state index is 12.3. The van der Waals surface area contributed by atoms with Crippen molar-refractivity contribution in [2.45, 2.75) is 51.4 Å². The zero-order chi connectivity index (χ0) is 15.7. The summed E-state index contributed by atoms with van der Waals surface area (Å²) in [5, 5.41) is 3.13. The Morgan fingerprint density at radius 1 is 1.32 bits per heavy atom. The van der Waals surface area contributed by atoms with Crippen molar-refractivity contribution in [1.82, 2.24) is 10.2 Å². The van der Waals surface area contributed by atoms with Crippen LogP contribution in [0.5, 0.6) is 11.5 Å². The van der Waals surface area contributed by atoms with Crippen molar-refractivity contribution in [3.05, 3.63) is 23.8 Å². The van der Waals surface area contributed by atoms with Crippen LogP contribution in [0.4, 0.5) is 0 Å². The van der Waals surface area contributed by atoms with Crippen molar-refractivity contribution < 1.29 is 14.3 Å². The first kappa shape index (κ1) is 15.2. The number of hydrogen-bond acceptors (Lipinski definition) is 4. The average molecular weight is 304 g/mol. The highest BCUT2D eigenvalue weighted by Gasteiger charge is 2.42. The van der Waals surface area contributed by atoms with Gasteiger partial charge in [-0.05, 0) is 32.8 Å². The van der Waals surface area contributed by atoms with Gasteiger partial charge in [0.1, 0.15) is 6.17 Å². The molecule has 2 aliphatic rings. The second kappa shape index (κ2) is 6.16. The highest BCUT2D eigenvalue weighted by Crippen LogP contribution is 2.40. The van der Waals surface area contributed by atoms with Crippen molar-refractivity contribution in [2.75, 3.05) is 13.7 Å². The van der Waals surface area contributed by atoms with Gasteiger partial charge in [-0.1, -0.05) is 18.6 Å². The van der Waals surface area contributed by atoms with Gasteiger partial charge in [0, 0.05) is 12.1 Å². The third kappa shape index (κ3) is 2.65. The molecule has 3 rings (SSSR count). The Bertz CT molecular complexity index is 559. The van der Waals surface area contributed by atoms with Crippen molar-refractivity contribution >= 4 is 5.91 Å². The predicted molar refractivity (Wildman–Crippen MR) is 84.0 cm³/mol. The van der Waals surface area contributed by atoms with E-state index in [0.29, 0.717) is 5.75 Å². The molecule has 0 bridgehead atoms. The number of fused-ring (bicyclic) bond motifs is 1. The van der Waals surface area contributed by atoms with E-state index in [4.69, 9.17) is 9.47 Å². The van der Waals surface area contributed by atoms with Crippen LogP contribution in [0.1, 0.15) is 44.8 Å². The van der Waals surface area contributed by atoms with Crippen LogP contribution >= 0.6 is 0 Å². The van der Waals surface area contributed by atoms with Gasteiger partial charge >= 0.3 is 0 Å². The molecule has 0 aromatic heterocycles. The highest BCUT2D eigenvalue weighted by molar-refractivity contribution is 5.84. The van der Waals surface area contributed by atoms with E-state index in [2.05, 4.69) is 10.2 Å². The van der Waals surface area contributed by atoms with E-state index in [-0.39, 0.29) is 24.2 Å². The summed E-state index contributed by atoms with van der Waals surface area (Å²) in [6, 6.07) is 5.86. The minimum absolute atomic E-state index is 0.00292. The van der Waals surface area contributed by atoms with Crippen LogP contribution in [0.2, 0.25) is 0 Å². The van der Waals surface area contributed by atoms with Gasteiger partial charge in [-0.3, -0.25) is 9.69 Å². The molecule has 2 aliphatic heterocycles. The Morgan fingerprint density at radius 3 is 2.86 bits per heavy atom. The van der Waals surface area contributed by atoms with Gasteiger partial charge in [-0.2, -0.15) is 0 Å². The highest BCUT2D eigenvalue weighted by atomic mass is 16.5. The summed E-state index contributed by atoms with van der Waals surface area (Å²) in [7, 11) is 1.64. The fraction of sp³-hybridized carbons (Fsp3) is 0.588. The number of hydrogen-bond donors (Lipinski definition) is 1. The molecule has 1 aromatic rings. The Kier molecular flexibility index (Phi) is 4.25. The molecule has 5 nitrogen and oxygen atoms in total. The zero-order valence-corrected chi connectivity index (χ0v) is 13.5. The number of methoxy groups -OCH3 is 1. The lowest BCUT2D eigenvalue weighted by Gasteiger charge is -2.32. The van der Waals surface area contributed by atoms with Crippen LogP contribution in [0, 0.1) is 0 Å². The number of rotatable bonds is 4. The number of carbonyl (C=O) groups is 1. The smallest absolute Gasteiger partial charge is 0.238 e. The van der Waals surface area contributed by atoms with E-state index in [1.807, 2.05) is 32.0 Å². The molecule has 5 heteroatoms. The molecular formula is C17H24N2O3. The first-order valence-corrected chi connectivity index (χ1v) is 8.01. The quantitative estimate of drug-likeness (QED) is 0.928. The number of ether oxygens (including phenoxy) is 2. The maximum Gasteiger partial charge on any atom is 0.238 e. The molecule has 2 heterocycles. The molecule has 0 saturated carbocycles. The number of carbonyl (C=O) groups excluding carboxylic acids is 1. The van der Waals surface area contributed by atoms with E-state index < -0.39 is 0 Å². The molecule has 1 aromatic carbocycles. The van der Waals surface area contributed by atoms with Crippen LogP contribution in [0.25, 0.3) is 0 Å². The summed E-state index contributed by atoms with van der Waals surface area (Å²) >= 11 is 0. The summed E-state index contributed by atoms with van der Waals surface area (Å²) in [4.78, 5) is 14.5. The second-order valence-corrected chi connectivity index (χ2v) is 6.21. The number of para-hydroxylation sites is 1. The van der Waals surface area contributed by atoms with E-state index >= 15 is 0 Å².